The number of thioether (sulfide) groups is 1. The van der Waals surface area contributed by atoms with E-state index >= 15 is 0 Å². The number of carbonyl (C=O) groups is 2. The predicted octanol–water partition coefficient (Wildman–Crippen LogP) is 3.43. The minimum Gasteiger partial charge on any atom is -0.494 e. The Morgan fingerprint density at radius 2 is 1.93 bits per heavy atom. The topological polar surface area (TPSA) is 92.1 Å². The summed E-state index contributed by atoms with van der Waals surface area (Å²) in [4.78, 5) is 24.6. The van der Waals surface area contributed by atoms with Crippen LogP contribution in [0.25, 0.3) is 0 Å². The predicted molar refractivity (Wildman–Crippen MR) is 116 cm³/mol. The summed E-state index contributed by atoms with van der Waals surface area (Å²) in [6.45, 7) is 4.32. The maximum absolute atomic E-state index is 12.6. The van der Waals surface area contributed by atoms with Crippen LogP contribution >= 0.6 is 11.8 Å². The molecule has 1 atom stereocenters. The summed E-state index contributed by atoms with van der Waals surface area (Å²) >= 11 is 1.19. The van der Waals surface area contributed by atoms with Crippen LogP contribution in [0.2, 0.25) is 0 Å². The molecule has 1 heterocycles. The van der Waals surface area contributed by atoms with Gasteiger partial charge in [-0.2, -0.15) is 5.10 Å². The lowest BCUT2D eigenvalue weighted by Gasteiger charge is -2.21. The van der Waals surface area contributed by atoms with Crippen LogP contribution < -0.4 is 15.4 Å². The third kappa shape index (κ3) is 5.92. The highest BCUT2D eigenvalue weighted by molar-refractivity contribution is 8.15. The number of nitrogens with zero attached hydrogens (tertiary/aromatic N) is 2. The van der Waals surface area contributed by atoms with E-state index in [9.17, 15) is 9.59 Å². The van der Waals surface area contributed by atoms with Crippen LogP contribution in [0.3, 0.4) is 0 Å². The van der Waals surface area contributed by atoms with E-state index in [1.807, 2.05) is 44.2 Å². The maximum atomic E-state index is 12.6. The summed E-state index contributed by atoms with van der Waals surface area (Å²) < 4.78 is 5.39. The first-order chi connectivity index (χ1) is 14.0. The smallest absolute Gasteiger partial charge is 0.238 e. The van der Waals surface area contributed by atoms with Crippen LogP contribution in [-0.2, 0) is 9.59 Å². The van der Waals surface area contributed by atoms with E-state index in [4.69, 9.17) is 4.74 Å². The molecule has 0 spiro atoms. The van der Waals surface area contributed by atoms with Gasteiger partial charge in [-0.15, -0.1) is 5.10 Å². The highest BCUT2D eigenvalue weighted by Gasteiger charge is 2.30. The summed E-state index contributed by atoms with van der Waals surface area (Å²) in [5.74, 6) is 0.213. The largest absolute Gasteiger partial charge is 0.494 e. The Kier molecular flexibility index (Phi) is 7.02. The second-order valence-corrected chi connectivity index (χ2v) is 7.45. The molecule has 29 heavy (non-hydrogen) atoms. The fourth-order valence-electron chi connectivity index (χ4n) is 2.62. The van der Waals surface area contributed by atoms with E-state index in [1.165, 1.54) is 11.8 Å². The van der Waals surface area contributed by atoms with E-state index in [-0.39, 0.29) is 18.2 Å². The van der Waals surface area contributed by atoms with Gasteiger partial charge in [0, 0.05) is 12.1 Å². The van der Waals surface area contributed by atoms with Gasteiger partial charge >= 0.3 is 0 Å². The van der Waals surface area contributed by atoms with Gasteiger partial charge in [0.2, 0.25) is 11.8 Å². The average molecular weight is 410 g/mol. The SMILES string of the molecule is CCOc1ccc(NC(=O)[C@@H]2CC(=O)N/C(=N\N=C(\C)c3ccccc3)S2)cc1. The molecular formula is C21H22N4O3S. The Morgan fingerprint density at radius 3 is 2.62 bits per heavy atom. The fourth-order valence-corrected chi connectivity index (χ4v) is 3.55. The zero-order chi connectivity index (χ0) is 20.6. The molecule has 0 aliphatic carbocycles. The Hall–Kier alpha value is -3.13. The first kappa shape index (κ1) is 20.6. The molecule has 1 aliphatic heterocycles. The van der Waals surface area contributed by atoms with Crippen LogP contribution in [0.1, 0.15) is 25.8 Å². The number of benzene rings is 2. The number of amides is 2. The highest BCUT2D eigenvalue weighted by atomic mass is 32.2. The Labute approximate surface area is 173 Å². The second-order valence-electron chi connectivity index (χ2n) is 6.26. The van der Waals surface area contributed by atoms with Crippen LogP contribution in [-0.4, -0.2) is 34.6 Å². The van der Waals surface area contributed by atoms with Crippen molar-refractivity contribution >= 4 is 40.1 Å². The van der Waals surface area contributed by atoms with Crippen molar-refractivity contribution in [1.29, 1.82) is 0 Å². The summed E-state index contributed by atoms with van der Waals surface area (Å²) in [7, 11) is 0. The summed E-state index contributed by atoms with van der Waals surface area (Å²) in [5.41, 5.74) is 2.30. The zero-order valence-electron chi connectivity index (χ0n) is 16.2. The van der Waals surface area contributed by atoms with E-state index in [0.717, 1.165) is 11.3 Å². The first-order valence-electron chi connectivity index (χ1n) is 9.23. The molecule has 2 aromatic carbocycles. The van der Waals surface area contributed by atoms with Crippen LogP contribution in [0, 0.1) is 0 Å². The fraction of sp³-hybridized carbons (Fsp3) is 0.238. The zero-order valence-corrected chi connectivity index (χ0v) is 17.0. The lowest BCUT2D eigenvalue weighted by Crippen LogP contribution is -2.41. The molecule has 1 aliphatic rings. The van der Waals surface area contributed by atoms with Crippen LogP contribution in [0.5, 0.6) is 5.75 Å². The normalized spacial score (nSPS) is 18.3. The van der Waals surface area contributed by atoms with Gasteiger partial charge < -0.3 is 15.4 Å². The van der Waals surface area contributed by atoms with E-state index < -0.39 is 5.25 Å². The van der Waals surface area contributed by atoms with Gasteiger partial charge in [0.05, 0.1) is 12.3 Å². The number of nitrogens with one attached hydrogen (secondary N) is 2. The third-order valence-corrected chi connectivity index (χ3v) is 5.15. The molecule has 2 aromatic rings. The van der Waals surface area contributed by atoms with Crippen molar-refractivity contribution in [3.63, 3.8) is 0 Å². The number of anilines is 1. The lowest BCUT2D eigenvalue weighted by molar-refractivity contribution is -0.123. The van der Waals surface area contributed by atoms with Crippen molar-refractivity contribution in [2.45, 2.75) is 25.5 Å². The van der Waals surface area contributed by atoms with Crippen molar-refractivity contribution in [3.8, 4) is 5.75 Å². The van der Waals surface area contributed by atoms with Crippen molar-refractivity contribution in [2.24, 2.45) is 10.2 Å². The number of amidine groups is 1. The lowest BCUT2D eigenvalue weighted by atomic mass is 10.1. The van der Waals surface area contributed by atoms with Gasteiger partial charge in [-0.25, -0.2) is 0 Å². The quantitative estimate of drug-likeness (QED) is 0.564. The average Bonchev–Trinajstić information content (AvgIpc) is 2.74. The summed E-state index contributed by atoms with van der Waals surface area (Å²) in [6.07, 6.45) is 0.0773. The minimum atomic E-state index is -0.582. The van der Waals surface area contributed by atoms with Gasteiger partial charge in [0.25, 0.3) is 0 Å². The van der Waals surface area contributed by atoms with Gasteiger partial charge in [0.1, 0.15) is 11.0 Å². The first-order valence-corrected chi connectivity index (χ1v) is 10.1. The second kappa shape index (κ2) is 9.88. The number of carbonyl (C=O) groups excluding carboxylic acids is 2. The Morgan fingerprint density at radius 1 is 1.21 bits per heavy atom. The van der Waals surface area contributed by atoms with Crippen molar-refractivity contribution in [1.82, 2.24) is 5.32 Å². The molecule has 0 aromatic heterocycles. The van der Waals surface area contributed by atoms with Crippen molar-refractivity contribution in [3.05, 3.63) is 60.2 Å². The monoisotopic (exact) mass is 410 g/mol. The third-order valence-electron chi connectivity index (χ3n) is 4.08. The van der Waals surface area contributed by atoms with Crippen LogP contribution in [0.4, 0.5) is 5.69 Å². The molecule has 0 saturated carbocycles. The summed E-state index contributed by atoms with van der Waals surface area (Å²) in [5, 5.41) is 13.5. The molecule has 150 valence electrons. The number of rotatable bonds is 6. The molecule has 2 N–H and O–H groups in total. The minimum absolute atomic E-state index is 0.0773. The molecule has 8 heteroatoms. The van der Waals surface area contributed by atoms with Crippen molar-refractivity contribution in [2.75, 3.05) is 11.9 Å². The van der Waals surface area contributed by atoms with E-state index in [0.29, 0.717) is 23.2 Å². The van der Waals surface area contributed by atoms with Gasteiger partial charge in [-0.3, -0.25) is 9.59 Å². The van der Waals surface area contributed by atoms with Gasteiger partial charge in [-0.1, -0.05) is 42.1 Å². The van der Waals surface area contributed by atoms with Gasteiger partial charge in [0.15, 0.2) is 5.17 Å². The number of ether oxygens (including phenoxy) is 1. The Balaban J connectivity index is 1.65. The summed E-state index contributed by atoms with van der Waals surface area (Å²) in [6, 6.07) is 16.7. The maximum Gasteiger partial charge on any atom is 0.238 e. The molecule has 3 rings (SSSR count). The molecule has 0 radical (unpaired) electrons. The molecule has 7 nitrogen and oxygen atoms in total. The van der Waals surface area contributed by atoms with Crippen molar-refractivity contribution < 1.29 is 14.3 Å². The van der Waals surface area contributed by atoms with Gasteiger partial charge in [-0.05, 0) is 43.7 Å². The molecule has 0 bridgehead atoms. The molecule has 2 amide bonds. The molecule has 1 fully saturated rings. The highest BCUT2D eigenvalue weighted by Crippen LogP contribution is 2.23. The van der Waals surface area contributed by atoms with Crippen LogP contribution in [0.15, 0.2) is 64.8 Å². The molecular weight excluding hydrogens is 388 g/mol. The molecule has 1 saturated heterocycles. The number of hydrogen-bond acceptors (Lipinski definition) is 6. The number of hydrogen-bond donors (Lipinski definition) is 2. The van der Waals surface area contributed by atoms with E-state index in [2.05, 4.69) is 20.8 Å². The Bertz CT molecular complexity index is 927. The van der Waals surface area contributed by atoms with E-state index in [1.54, 1.807) is 24.3 Å². The standard InChI is InChI=1S/C21H22N4O3S/c1-3-28-17-11-9-16(10-12-17)22-20(27)18-13-19(26)23-21(29-18)25-24-14(2)15-7-5-4-6-8-15/h4-12,18H,3,13H2,1-2H3,(H,22,27)(H,23,25,26)/b24-14-/t18-/m0/s1. The molecule has 0 unspecified atom stereocenters.